The minimum atomic E-state index is 0.586. The lowest BCUT2D eigenvalue weighted by Gasteiger charge is -2.32. The number of benzene rings is 2. The molecule has 0 aromatic heterocycles. The first-order chi connectivity index (χ1) is 11.1. The monoisotopic (exact) mass is 305 g/mol. The van der Waals surface area contributed by atoms with Gasteiger partial charge in [-0.2, -0.15) is 5.26 Å². The molecule has 118 valence electrons. The average molecular weight is 305 g/mol. The van der Waals surface area contributed by atoms with Crippen LogP contribution in [-0.4, -0.2) is 24.5 Å². The number of hydrogen-bond donors (Lipinski definition) is 0. The summed E-state index contributed by atoms with van der Waals surface area (Å²) in [4.78, 5) is 4.70. The predicted octanol–water partition coefficient (Wildman–Crippen LogP) is 4.09. The van der Waals surface area contributed by atoms with Crippen molar-refractivity contribution >= 4 is 11.4 Å². The molecule has 3 heteroatoms. The van der Waals surface area contributed by atoms with Gasteiger partial charge in [0, 0.05) is 37.6 Å². The quantitative estimate of drug-likeness (QED) is 0.855. The fourth-order valence-electron chi connectivity index (χ4n) is 3.12. The zero-order valence-corrected chi connectivity index (χ0v) is 14.1. The molecule has 2 aromatic rings. The van der Waals surface area contributed by atoms with Crippen LogP contribution in [0.3, 0.4) is 0 Å². The number of rotatable bonds is 3. The minimum absolute atomic E-state index is 0.586. The van der Waals surface area contributed by atoms with Crippen LogP contribution in [0.4, 0.5) is 11.4 Å². The van der Waals surface area contributed by atoms with Gasteiger partial charge in [0.25, 0.3) is 0 Å². The lowest BCUT2D eigenvalue weighted by atomic mass is 9.98. The van der Waals surface area contributed by atoms with Gasteiger partial charge < -0.3 is 4.90 Å². The molecule has 0 amide bonds. The van der Waals surface area contributed by atoms with Gasteiger partial charge >= 0.3 is 0 Å². The van der Waals surface area contributed by atoms with Gasteiger partial charge in [-0.05, 0) is 67.8 Å². The Kier molecular flexibility index (Phi) is 4.36. The summed E-state index contributed by atoms with van der Waals surface area (Å²) in [5.74, 6) is 0. The van der Waals surface area contributed by atoms with Crippen molar-refractivity contribution in [2.24, 2.45) is 0 Å². The lowest BCUT2D eigenvalue weighted by molar-refractivity contribution is 0.203. The Labute approximate surface area is 138 Å². The SMILES string of the molecule is CC(C)N1CCc2ccc(N(C)c3ccc(C#N)cc3)cc2C1. The summed E-state index contributed by atoms with van der Waals surface area (Å²) in [5.41, 5.74) is 5.89. The highest BCUT2D eigenvalue weighted by Crippen LogP contribution is 2.29. The topological polar surface area (TPSA) is 30.3 Å². The van der Waals surface area contributed by atoms with Crippen molar-refractivity contribution in [1.29, 1.82) is 5.26 Å². The summed E-state index contributed by atoms with van der Waals surface area (Å²) in [5, 5.41) is 8.92. The van der Waals surface area contributed by atoms with E-state index in [4.69, 9.17) is 5.26 Å². The zero-order chi connectivity index (χ0) is 16.4. The molecular formula is C20H23N3. The van der Waals surface area contributed by atoms with Gasteiger partial charge in [-0.15, -0.1) is 0 Å². The maximum absolute atomic E-state index is 8.92. The molecule has 0 N–H and O–H groups in total. The van der Waals surface area contributed by atoms with E-state index in [2.05, 4.69) is 55.0 Å². The fourth-order valence-corrected chi connectivity index (χ4v) is 3.12. The largest absolute Gasteiger partial charge is 0.345 e. The predicted molar refractivity (Wildman–Crippen MR) is 94.9 cm³/mol. The summed E-state index contributed by atoms with van der Waals surface area (Å²) in [6, 6.07) is 17.3. The van der Waals surface area contributed by atoms with E-state index in [1.807, 2.05) is 24.3 Å². The first kappa shape index (κ1) is 15.6. The van der Waals surface area contributed by atoms with Gasteiger partial charge in [0.05, 0.1) is 11.6 Å². The minimum Gasteiger partial charge on any atom is -0.345 e. The highest BCUT2D eigenvalue weighted by molar-refractivity contribution is 5.64. The summed E-state index contributed by atoms with van der Waals surface area (Å²) in [6.45, 7) is 6.70. The third-order valence-electron chi connectivity index (χ3n) is 4.73. The third kappa shape index (κ3) is 3.23. The first-order valence-electron chi connectivity index (χ1n) is 8.18. The molecule has 0 bridgehead atoms. The second-order valence-corrected chi connectivity index (χ2v) is 6.48. The second-order valence-electron chi connectivity index (χ2n) is 6.48. The van der Waals surface area contributed by atoms with E-state index in [9.17, 15) is 0 Å². The normalized spacial score (nSPS) is 14.4. The molecular weight excluding hydrogens is 282 g/mol. The van der Waals surface area contributed by atoms with E-state index in [0.717, 1.165) is 25.2 Å². The van der Waals surface area contributed by atoms with Crippen LogP contribution in [0.15, 0.2) is 42.5 Å². The maximum Gasteiger partial charge on any atom is 0.0991 e. The highest BCUT2D eigenvalue weighted by Gasteiger charge is 2.19. The Bertz CT molecular complexity index is 726. The molecule has 3 rings (SSSR count). The number of anilines is 2. The number of nitriles is 1. The van der Waals surface area contributed by atoms with E-state index in [-0.39, 0.29) is 0 Å². The molecule has 0 aliphatic carbocycles. The van der Waals surface area contributed by atoms with Crippen molar-refractivity contribution in [3.63, 3.8) is 0 Å². The van der Waals surface area contributed by atoms with Gasteiger partial charge in [0.1, 0.15) is 0 Å². The third-order valence-corrected chi connectivity index (χ3v) is 4.73. The maximum atomic E-state index is 8.92. The Balaban J connectivity index is 1.86. The van der Waals surface area contributed by atoms with Crippen molar-refractivity contribution in [3.8, 4) is 6.07 Å². The molecule has 0 saturated carbocycles. The van der Waals surface area contributed by atoms with Crippen LogP contribution in [0.1, 0.15) is 30.5 Å². The fraction of sp³-hybridized carbons (Fsp3) is 0.350. The van der Waals surface area contributed by atoms with E-state index in [0.29, 0.717) is 11.6 Å². The Morgan fingerprint density at radius 3 is 2.39 bits per heavy atom. The van der Waals surface area contributed by atoms with Crippen LogP contribution in [0.25, 0.3) is 0 Å². The van der Waals surface area contributed by atoms with Crippen molar-refractivity contribution in [2.45, 2.75) is 32.9 Å². The standard InChI is InChI=1S/C20H23N3/c1-15(2)23-11-10-17-6-9-20(12-18(17)14-23)22(3)19-7-4-16(13-21)5-8-19/h4-9,12,15H,10-11,14H2,1-3H3. The number of nitrogens with zero attached hydrogens (tertiary/aromatic N) is 3. The van der Waals surface area contributed by atoms with Crippen molar-refractivity contribution in [2.75, 3.05) is 18.5 Å². The van der Waals surface area contributed by atoms with Gasteiger partial charge in [-0.3, -0.25) is 4.90 Å². The van der Waals surface area contributed by atoms with Crippen LogP contribution in [0, 0.1) is 11.3 Å². The molecule has 0 fully saturated rings. The summed E-state index contributed by atoms with van der Waals surface area (Å²) < 4.78 is 0. The first-order valence-corrected chi connectivity index (χ1v) is 8.18. The molecule has 0 saturated heterocycles. The van der Waals surface area contributed by atoms with Crippen LogP contribution in [-0.2, 0) is 13.0 Å². The molecule has 1 heterocycles. The van der Waals surface area contributed by atoms with Crippen LogP contribution < -0.4 is 4.90 Å². The summed E-state index contributed by atoms with van der Waals surface area (Å²) in [7, 11) is 2.08. The van der Waals surface area contributed by atoms with Gasteiger partial charge in [0.2, 0.25) is 0 Å². The van der Waals surface area contributed by atoms with E-state index >= 15 is 0 Å². The molecule has 1 aliphatic heterocycles. The van der Waals surface area contributed by atoms with E-state index in [1.165, 1.54) is 16.8 Å². The molecule has 0 unspecified atom stereocenters. The van der Waals surface area contributed by atoms with E-state index < -0.39 is 0 Å². The lowest BCUT2D eigenvalue weighted by Crippen LogP contribution is -2.35. The van der Waals surface area contributed by atoms with E-state index in [1.54, 1.807) is 0 Å². The van der Waals surface area contributed by atoms with Crippen LogP contribution in [0.5, 0.6) is 0 Å². The molecule has 3 nitrogen and oxygen atoms in total. The van der Waals surface area contributed by atoms with Gasteiger partial charge in [-0.1, -0.05) is 6.07 Å². The smallest absolute Gasteiger partial charge is 0.0991 e. The molecule has 1 aliphatic rings. The van der Waals surface area contributed by atoms with Crippen molar-refractivity contribution in [1.82, 2.24) is 4.90 Å². The highest BCUT2D eigenvalue weighted by atomic mass is 15.1. The van der Waals surface area contributed by atoms with Crippen molar-refractivity contribution < 1.29 is 0 Å². The number of hydrogen-bond acceptors (Lipinski definition) is 3. The Morgan fingerprint density at radius 2 is 1.74 bits per heavy atom. The molecule has 0 atom stereocenters. The zero-order valence-electron chi connectivity index (χ0n) is 14.1. The molecule has 0 spiro atoms. The molecule has 0 radical (unpaired) electrons. The Morgan fingerprint density at radius 1 is 1.04 bits per heavy atom. The molecule has 23 heavy (non-hydrogen) atoms. The van der Waals surface area contributed by atoms with Crippen molar-refractivity contribution in [3.05, 3.63) is 59.2 Å². The second kappa shape index (κ2) is 6.44. The molecule has 2 aromatic carbocycles. The Hall–Kier alpha value is -2.31. The number of fused-ring (bicyclic) bond motifs is 1. The van der Waals surface area contributed by atoms with Gasteiger partial charge in [-0.25, -0.2) is 0 Å². The summed E-state index contributed by atoms with van der Waals surface area (Å²) in [6.07, 6.45) is 1.13. The summed E-state index contributed by atoms with van der Waals surface area (Å²) >= 11 is 0. The average Bonchev–Trinajstić information content (AvgIpc) is 2.60. The van der Waals surface area contributed by atoms with Crippen LogP contribution >= 0.6 is 0 Å². The van der Waals surface area contributed by atoms with Crippen LogP contribution in [0.2, 0.25) is 0 Å². The van der Waals surface area contributed by atoms with Gasteiger partial charge in [0.15, 0.2) is 0 Å².